The third-order valence-electron chi connectivity index (χ3n) is 2.99. The lowest BCUT2D eigenvalue weighted by Gasteiger charge is -2.18. The molecule has 0 spiro atoms. The molecule has 0 aliphatic carbocycles. The fraction of sp³-hybridized carbons (Fsp3) is 0.250. The van der Waals surface area contributed by atoms with Gasteiger partial charge in [0.05, 0.1) is 0 Å². The van der Waals surface area contributed by atoms with Crippen molar-refractivity contribution >= 4 is 5.91 Å². The standard InChI is InChI=1S/C16H18N2O2/c1-3-18(4-2)16(19)13-8-7-9-14(12-13)20-15-10-5-6-11-17-15/h5-12H,3-4H2,1-2H3. The highest BCUT2D eigenvalue weighted by molar-refractivity contribution is 5.94. The Morgan fingerprint density at radius 3 is 2.60 bits per heavy atom. The van der Waals surface area contributed by atoms with Gasteiger partial charge in [-0.05, 0) is 38.1 Å². The van der Waals surface area contributed by atoms with Crippen LogP contribution in [0.1, 0.15) is 24.2 Å². The SMILES string of the molecule is CCN(CC)C(=O)c1cccc(Oc2ccccn2)c1. The molecular formula is C16H18N2O2. The Labute approximate surface area is 119 Å². The fourth-order valence-electron chi connectivity index (χ4n) is 1.91. The van der Waals surface area contributed by atoms with Gasteiger partial charge < -0.3 is 9.64 Å². The van der Waals surface area contributed by atoms with Gasteiger partial charge in [0.25, 0.3) is 5.91 Å². The Morgan fingerprint density at radius 2 is 1.95 bits per heavy atom. The van der Waals surface area contributed by atoms with Crippen molar-refractivity contribution in [1.82, 2.24) is 9.88 Å². The first kappa shape index (κ1) is 14.1. The lowest BCUT2D eigenvalue weighted by atomic mass is 10.2. The summed E-state index contributed by atoms with van der Waals surface area (Å²) in [6.45, 7) is 5.33. The molecule has 0 aliphatic rings. The fourth-order valence-corrected chi connectivity index (χ4v) is 1.91. The molecule has 2 aromatic rings. The summed E-state index contributed by atoms with van der Waals surface area (Å²) in [4.78, 5) is 18.1. The van der Waals surface area contributed by atoms with Crippen LogP contribution in [0.15, 0.2) is 48.7 Å². The first-order valence-corrected chi connectivity index (χ1v) is 6.72. The van der Waals surface area contributed by atoms with E-state index in [0.717, 1.165) is 0 Å². The van der Waals surface area contributed by atoms with Crippen LogP contribution in [0.3, 0.4) is 0 Å². The smallest absolute Gasteiger partial charge is 0.253 e. The van der Waals surface area contributed by atoms with E-state index in [1.165, 1.54) is 0 Å². The molecule has 4 nitrogen and oxygen atoms in total. The zero-order valence-electron chi connectivity index (χ0n) is 11.7. The summed E-state index contributed by atoms with van der Waals surface area (Å²) in [5.41, 5.74) is 0.627. The van der Waals surface area contributed by atoms with Gasteiger partial charge in [-0.1, -0.05) is 12.1 Å². The van der Waals surface area contributed by atoms with E-state index in [1.54, 1.807) is 29.3 Å². The summed E-state index contributed by atoms with van der Waals surface area (Å²) in [5.74, 6) is 1.14. The molecule has 1 heterocycles. The molecule has 1 aromatic carbocycles. The quantitative estimate of drug-likeness (QED) is 0.836. The lowest BCUT2D eigenvalue weighted by Crippen LogP contribution is -2.30. The van der Waals surface area contributed by atoms with Crippen LogP contribution < -0.4 is 4.74 Å². The molecule has 4 heteroatoms. The topological polar surface area (TPSA) is 42.4 Å². The number of carbonyl (C=O) groups is 1. The van der Waals surface area contributed by atoms with Gasteiger partial charge in [-0.2, -0.15) is 0 Å². The van der Waals surface area contributed by atoms with E-state index in [2.05, 4.69) is 4.98 Å². The second kappa shape index (κ2) is 6.70. The summed E-state index contributed by atoms with van der Waals surface area (Å²) in [6, 6.07) is 12.6. The third kappa shape index (κ3) is 3.35. The van der Waals surface area contributed by atoms with Crippen LogP contribution in [-0.2, 0) is 0 Å². The van der Waals surface area contributed by atoms with Crippen molar-refractivity contribution < 1.29 is 9.53 Å². The van der Waals surface area contributed by atoms with Crippen LogP contribution in [-0.4, -0.2) is 28.9 Å². The predicted molar refractivity (Wildman–Crippen MR) is 78.0 cm³/mol. The van der Waals surface area contributed by atoms with Crippen molar-refractivity contribution in [2.75, 3.05) is 13.1 Å². The third-order valence-corrected chi connectivity index (χ3v) is 2.99. The number of rotatable bonds is 5. The van der Waals surface area contributed by atoms with Gasteiger partial charge in [-0.15, -0.1) is 0 Å². The maximum atomic E-state index is 12.3. The molecule has 1 aromatic heterocycles. The Morgan fingerprint density at radius 1 is 1.15 bits per heavy atom. The molecule has 0 aliphatic heterocycles. The molecular weight excluding hydrogens is 252 g/mol. The lowest BCUT2D eigenvalue weighted by molar-refractivity contribution is 0.0772. The van der Waals surface area contributed by atoms with Gasteiger partial charge in [-0.3, -0.25) is 4.79 Å². The number of benzene rings is 1. The molecule has 0 fully saturated rings. The minimum atomic E-state index is 0.0153. The minimum Gasteiger partial charge on any atom is -0.439 e. The number of amides is 1. The van der Waals surface area contributed by atoms with E-state index in [0.29, 0.717) is 30.3 Å². The van der Waals surface area contributed by atoms with Crippen molar-refractivity contribution in [3.8, 4) is 11.6 Å². The van der Waals surface area contributed by atoms with E-state index >= 15 is 0 Å². The molecule has 0 saturated heterocycles. The van der Waals surface area contributed by atoms with Gasteiger partial charge in [0, 0.05) is 30.9 Å². The first-order chi connectivity index (χ1) is 9.74. The molecule has 0 unspecified atom stereocenters. The Kier molecular flexibility index (Phi) is 4.71. The highest BCUT2D eigenvalue weighted by Gasteiger charge is 2.13. The average molecular weight is 270 g/mol. The number of hydrogen-bond donors (Lipinski definition) is 0. The largest absolute Gasteiger partial charge is 0.439 e. The van der Waals surface area contributed by atoms with Crippen molar-refractivity contribution in [2.45, 2.75) is 13.8 Å². The number of pyridine rings is 1. The van der Waals surface area contributed by atoms with E-state index in [1.807, 2.05) is 38.1 Å². The zero-order chi connectivity index (χ0) is 14.4. The van der Waals surface area contributed by atoms with Crippen molar-refractivity contribution in [1.29, 1.82) is 0 Å². The monoisotopic (exact) mass is 270 g/mol. The Bertz CT molecular complexity index is 566. The molecule has 0 radical (unpaired) electrons. The van der Waals surface area contributed by atoms with Gasteiger partial charge in [0.15, 0.2) is 0 Å². The summed E-state index contributed by atoms with van der Waals surface area (Å²) in [5, 5.41) is 0. The zero-order valence-corrected chi connectivity index (χ0v) is 11.7. The normalized spacial score (nSPS) is 10.1. The number of ether oxygens (including phenoxy) is 1. The van der Waals surface area contributed by atoms with Crippen LogP contribution in [0.4, 0.5) is 0 Å². The molecule has 0 N–H and O–H groups in total. The van der Waals surface area contributed by atoms with E-state index in [-0.39, 0.29) is 5.91 Å². The summed E-state index contributed by atoms with van der Waals surface area (Å²) in [7, 11) is 0. The molecule has 1 amide bonds. The van der Waals surface area contributed by atoms with Crippen molar-refractivity contribution in [3.63, 3.8) is 0 Å². The van der Waals surface area contributed by atoms with Crippen LogP contribution in [0.5, 0.6) is 11.6 Å². The van der Waals surface area contributed by atoms with Gasteiger partial charge in [-0.25, -0.2) is 4.98 Å². The molecule has 0 atom stereocenters. The first-order valence-electron chi connectivity index (χ1n) is 6.72. The second-order valence-corrected chi connectivity index (χ2v) is 4.28. The number of carbonyl (C=O) groups excluding carboxylic acids is 1. The van der Waals surface area contributed by atoms with Gasteiger partial charge in [0.1, 0.15) is 5.75 Å². The molecule has 0 bridgehead atoms. The highest BCUT2D eigenvalue weighted by atomic mass is 16.5. The number of nitrogens with zero attached hydrogens (tertiary/aromatic N) is 2. The molecule has 20 heavy (non-hydrogen) atoms. The van der Waals surface area contributed by atoms with E-state index in [4.69, 9.17) is 4.74 Å². The molecule has 104 valence electrons. The summed E-state index contributed by atoms with van der Waals surface area (Å²) < 4.78 is 5.63. The van der Waals surface area contributed by atoms with E-state index in [9.17, 15) is 4.79 Å². The maximum Gasteiger partial charge on any atom is 0.253 e. The number of hydrogen-bond acceptors (Lipinski definition) is 3. The maximum absolute atomic E-state index is 12.3. The van der Waals surface area contributed by atoms with Gasteiger partial charge in [0.2, 0.25) is 5.88 Å². The van der Waals surface area contributed by atoms with Crippen LogP contribution >= 0.6 is 0 Å². The van der Waals surface area contributed by atoms with Crippen LogP contribution in [0.25, 0.3) is 0 Å². The molecule has 2 rings (SSSR count). The summed E-state index contributed by atoms with van der Waals surface area (Å²) >= 11 is 0. The van der Waals surface area contributed by atoms with E-state index < -0.39 is 0 Å². The number of aromatic nitrogens is 1. The predicted octanol–water partition coefficient (Wildman–Crippen LogP) is 3.36. The van der Waals surface area contributed by atoms with Crippen LogP contribution in [0.2, 0.25) is 0 Å². The van der Waals surface area contributed by atoms with Crippen LogP contribution in [0, 0.1) is 0 Å². The Balaban J connectivity index is 2.18. The minimum absolute atomic E-state index is 0.0153. The second-order valence-electron chi connectivity index (χ2n) is 4.28. The van der Waals surface area contributed by atoms with Gasteiger partial charge >= 0.3 is 0 Å². The van der Waals surface area contributed by atoms with Crippen molar-refractivity contribution in [2.24, 2.45) is 0 Å². The highest BCUT2D eigenvalue weighted by Crippen LogP contribution is 2.20. The summed E-state index contributed by atoms with van der Waals surface area (Å²) in [6.07, 6.45) is 1.67. The van der Waals surface area contributed by atoms with Crippen molar-refractivity contribution in [3.05, 3.63) is 54.2 Å². The molecule has 0 saturated carbocycles. The Hall–Kier alpha value is -2.36. The average Bonchev–Trinajstić information content (AvgIpc) is 2.49.